The number of methoxy groups -OCH3 is 1. The maximum Gasteiger partial charge on any atom is 0.511 e. The molecule has 2 N–H and O–H groups in total. The highest BCUT2D eigenvalue weighted by molar-refractivity contribution is 6.03. The van der Waals surface area contributed by atoms with Crippen LogP contribution in [0.25, 0.3) is 27.7 Å². The number of hydrogen-bond acceptors (Lipinski definition) is 5. The van der Waals surface area contributed by atoms with Crippen LogP contribution < -0.4 is 14.2 Å². The summed E-state index contributed by atoms with van der Waals surface area (Å²) in [5.41, 5.74) is 4.14. The topological polar surface area (TPSA) is 107 Å². The maximum atomic E-state index is 11.4. The van der Waals surface area contributed by atoms with Crippen LogP contribution in [0.4, 0.5) is 9.59 Å². The summed E-state index contributed by atoms with van der Waals surface area (Å²) >= 11 is 0. The molecular formula is C21H17NO7. The summed E-state index contributed by atoms with van der Waals surface area (Å²) in [5, 5.41) is 18.4. The Morgan fingerprint density at radius 3 is 2.28 bits per heavy atom. The van der Waals surface area contributed by atoms with Gasteiger partial charge >= 0.3 is 12.3 Å². The maximum absolute atomic E-state index is 11.4. The van der Waals surface area contributed by atoms with Crippen LogP contribution >= 0.6 is 0 Å². The Labute approximate surface area is 164 Å². The van der Waals surface area contributed by atoms with Crippen molar-refractivity contribution in [2.24, 2.45) is 0 Å². The first kappa shape index (κ1) is 18.4. The predicted molar refractivity (Wildman–Crippen MR) is 105 cm³/mol. The van der Waals surface area contributed by atoms with E-state index >= 15 is 0 Å². The minimum absolute atomic E-state index is 0.159. The average molecular weight is 395 g/mol. The van der Waals surface area contributed by atoms with E-state index in [1.165, 1.54) is 0 Å². The van der Waals surface area contributed by atoms with Crippen molar-refractivity contribution in [1.82, 2.24) is 4.40 Å². The highest BCUT2D eigenvalue weighted by atomic mass is 16.7. The van der Waals surface area contributed by atoms with Gasteiger partial charge in [-0.15, -0.1) is 0 Å². The van der Waals surface area contributed by atoms with Crippen molar-refractivity contribution in [2.45, 2.75) is 13.3 Å². The molecule has 4 aromatic rings. The van der Waals surface area contributed by atoms with Gasteiger partial charge in [0.15, 0.2) is 0 Å². The van der Waals surface area contributed by atoms with Gasteiger partial charge in [-0.3, -0.25) is 0 Å². The number of aromatic nitrogens is 1. The van der Waals surface area contributed by atoms with Crippen LogP contribution in [0.15, 0.2) is 42.5 Å². The van der Waals surface area contributed by atoms with Crippen molar-refractivity contribution >= 4 is 28.9 Å². The van der Waals surface area contributed by atoms with Gasteiger partial charge < -0.3 is 28.8 Å². The molecule has 0 aliphatic rings. The van der Waals surface area contributed by atoms with E-state index in [0.717, 1.165) is 22.2 Å². The third kappa shape index (κ3) is 2.85. The number of rotatable bonds is 5. The lowest BCUT2D eigenvalue weighted by atomic mass is 9.99. The summed E-state index contributed by atoms with van der Waals surface area (Å²) in [6.07, 6.45) is -2.47. The number of nitrogens with zero attached hydrogens (tertiary/aromatic N) is 1. The van der Waals surface area contributed by atoms with Crippen molar-refractivity contribution in [2.75, 3.05) is 7.11 Å². The largest absolute Gasteiger partial charge is 0.511 e. The summed E-state index contributed by atoms with van der Waals surface area (Å²) in [6, 6.07) is 12.6. The number of hydrogen-bond donors (Lipinski definition) is 2. The summed E-state index contributed by atoms with van der Waals surface area (Å²) in [5.74, 6) is 0.317. The van der Waals surface area contributed by atoms with Gasteiger partial charge in [-0.1, -0.05) is 25.1 Å². The van der Waals surface area contributed by atoms with Crippen molar-refractivity contribution < 1.29 is 34.0 Å². The van der Waals surface area contributed by atoms with Gasteiger partial charge in [0.2, 0.25) is 11.5 Å². The average Bonchev–Trinajstić information content (AvgIpc) is 3.18. The van der Waals surface area contributed by atoms with Gasteiger partial charge in [0.25, 0.3) is 0 Å². The smallest absolute Gasteiger partial charge is 0.497 e. The summed E-state index contributed by atoms with van der Waals surface area (Å²) in [6.45, 7) is 1.99. The molecule has 0 aliphatic carbocycles. The normalized spacial score (nSPS) is 11.1. The Kier molecular flexibility index (Phi) is 4.38. The first-order valence-corrected chi connectivity index (χ1v) is 8.83. The lowest BCUT2D eigenvalue weighted by molar-refractivity contribution is 0.134. The van der Waals surface area contributed by atoms with E-state index in [0.29, 0.717) is 23.2 Å². The van der Waals surface area contributed by atoms with E-state index in [9.17, 15) is 14.7 Å². The molecule has 0 aliphatic heterocycles. The molecule has 0 fully saturated rings. The quantitative estimate of drug-likeness (QED) is 0.464. The standard InChI is InChI=1S/C21H17NO7/c1-3-13-14-8-5-9-15-18(28-20(23)24)19(29-21(25)26)17(22(14)15)16(13)11-6-4-7-12(10-11)27-2/h4-10H,3H2,1-2H3,(H,23,24)(H,25,26). The van der Waals surface area contributed by atoms with E-state index in [1.54, 1.807) is 29.7 Å². The summed E-state index contributed by atoms with van der Waals surface area (Å²) in [4.78, 5) is 22.6. The first-order chi connectivity index (χ1) is 14.0. The van der Waals surface area contributed by atoms with E-state index in [-0.39, 0.29) is 11.5 Å². The van der Waals surface area contributed by atoms with Gasteiger partial charge in [-0.25, -0.2) is 9.59 Å². The Morgan fingerprint density at radius 2 is 1.62 bits per heavy atom. The molecular weight excluding hydrogens is 378 g/mol. The molecule has 8 heteroatoms. The van der Waals surface area contributed by atoms with Gasteiger partial charge in [0, 0.05) is 5.56 Å². The minimum Gasteiger partial charge on any atom is -0.497 e. The second-order valence-corrected chi connectivity index (χ2v) is 6.31. The first-order valence-electron chi connectivity index (χ1n) is 8.83. The van der Waals surface area contributed by atoms with Crippen LogP contribution in [-0.4, -0.2) is 34.0 Å². The lowest BCUT2D eigenvalue weighted by Gasteiger charge is -2.08. The lowest BCUT2D eigenvalue weighted by Crippen LogP contribution is -2.07. The van der Waals surface area contributed by atoms with Crippen LogP contribution in [0, 0.1) is 0 Å². The second kappa shape index (κ2) is 6.90. The summed E-state index contributed by atoms with van der Waals surface area (Å²) in [7, 11) is 1.56. The van der Waals surface area contributed by atoms with Crippen molar-refractivity contribution in [3.8, 4) is 28.4 Å². The number of pyridine rings is 1. The molecule has 29 heavy (non-hydrogen) atoms. The van der Waals surface area contributed by atoms with Crippen LogP contribution in [0.1, 0.15) is 12.5 Å². The monoisotopic (exact) mass is 395 g/mol. The van der Waals surface area contributed by atoms with Crippen LogP contribution in [0.5, 0.6) is 17.2 Å². The van der Waals surface area contributed by atoms with Crippen LogP contribution in [0.3, 0.4) is 0 Å². The molecule has 0 atom stereocenters. The third-order valence-electron chi connectivity index (χ3n) is 4.81. The molecule has 3 aromatic heterocycles. The number of aryl methyl sites for hydroxylation is 1. The number of ether oxygens (including phenoxy) is 3. The van der Waals surface area contributed by atoms with Gasteiger partial charge in [0.05, 0.1) is 18.1 Å². The number of carboxylic acid groups (broad SMARTS) is 2. The van der Waals surface area contributed by atoms with Gasteiger partial charge in [0.1, 0.15) is 11.3 Å². The van der Waals surface area contributed by atoms with Crippen molar-refractivity contribution in [3.05, 3.63) is 48.0 Å². The zero-order valence-electron chi connectivity index (χ0n) is 15.6. The molecule has 0 radical (unpaired) electrons. The zero-order valence-corrected chi connectivity index (χ0v) is 15.6. The molecule has 4 rings (SSSR count). The fraction of sp³-hybridized carbons (Fsp3) is 0.143. The van der Waals surface area contributed by atoms with Crippen LogP contribution in [0.2, 0.25) is 0 Å². The van der Waals surface area contributed by atoms with E-state index < -0.39 is 12.3 Å². The minimum atomic E-state index is -1.57. The number of carbonyl (C=O) groups is 2. The van der Waals surface area contributed by atoms with Gasteiger partial charge in [-0.2, -0.15) is 0 Å². The summed E-state index contributed by atoms with van der Waals surface area (Å²) < 4.78 is 17.1. The Bertz CT molecular complexity index is 1240. The molecule has 0 saturated heterocycles. The molecule has 0 saturated carbocycles. The van der Waals surface area contributed by atoms with Crippen molar-refractivity contribution in [3.63, 3.8) is 0 Å². The zero-order chi connectivity index (χ0) is 20.7. The predicted octanol–water partition coefficient (Wildman–Crippen LogP) is 4.88. The fourth-order valence-electron chi connectivity index (χ4n) is 3.80. The fourth-order valence-corrected chi connectivity index (χ4v) is 3.80. The second-order valence-electron chi connectivity index (χ2n) is 6.31. The highest BCUT2D eigenvalue weighted by Gasteiger charge is 2.30. The van der Waals surface area contributed by atoms with E-state index in [1.807, 2.05) is 31.2 Å². The molecule has 1 aromatic carbocycles. The highest BCUT2D eigenvalue weighted by Crippen LogP contribution is 2.49. The molecule has 0 unspecified atom stereocenters. The third-order valence-corrected chi connectivity index (χ3v) is 4.81. The SMILES string of the molecule is CCc1c(-c2cccc(OC)c2)c2c(OC(=O)O)c(OC(=O)O)c3cccc1n32. The van der Waals surface area contributed by atoms with Crippen molar-refractivity contribution in [1.29, 1.82) is 0 Å². The van der Waals surface area contributed by atoms with E-state index in [4.69, 9.17) is 19.3 Å². The molecule has 0 spiro atoms. The molecule has 8 nitrogen and oxygen atoms in total. The number of benzene rings is 1. The molecule has 0 bridgehead atoms. The molecule has 3 heterocycles. The molecule has 148 valence electrons. The van der Waals surface area contributed by atoms with E-state index in [2.05, 4.69) is 0 Å². The van der Waals surface area contributed by atoms with Crippen LogP contribution in [-0.2, 0) is 6.42 Å². The Morgan fingerprint density at radius 1 is 0.966 bits per heavy atom. The Hall–Kier alpha value is -3.94. The molecule has 0 amide bonds. The Balaban J connectivity index is 2.17. The van der Waals surface area contributed by atoms with Gasteiger partial charge in [-0.05, 0) is 41.8 Å².